The number of aliphatic hydroxyl groups excluding tert-OH is 1. The number of carbonyl (C=O) groups is 2. The molecule has 2 saturated carbocycles. The summed E-state index contributed by atoms with van der Waals surface area (Å²) in [4.78, 5) is 24.5. The number of amides is 2. The van der Waals surface area contributed by atoms with Gasteiger partial charge in [-0.2, -0.15) is 0 Å². The zero-order chi connectivity index (χ0) is 19.4. The molecule has 1 unspecified atom stereocenters. The molecule has 0 aliphatic heterocycles. The van der Waals surface area contributed by atoms with Crippen LogP contribution in [0.5, 0.6) is 0 Å². The van der Waals surface area contributed by atoms with Crippen molar-refractivity contribution in [2.75, 3.05) is 6.61 Å². The van der Waals surface area contributed by atoms with Crippen molar-refractivity contribution in [3.8, 4) is 0 Å². The van der Waals surface area contributed by atoms with E-state index in [0.29, 0.717) is 28.2 Å². The molecular weight excluding hydrogens is 344 g/mol. The molecule has 1 aromatic carbocycles. The summed E-state index contributed by atoms with van der Waals surface area (Å²) in [7, 11) is 0. The Balaban J connectivity index is 1.68. The third-order valence-corrected chi connectivity index (χ3v) is 6.56. The maximum absolute atomic E-state index is 12.9. The molecular formula is C21H26N2O4. The fourth-order valence-corrected chi connectivity index (χ4v) is 4.68. The number of furan rings is 1. The number of aryl methyl sites for hydroxylation is 1. The highest BCUT2D eigenvalue weighted by Gasteiger charge is 2.55. The van der Waals surface area contributed by atoms with Gasteiger partial charge in [-0.05, 0) is 62.1 Å². The predicted molar refractivity (Wildman–Crippen MR) is 101 cm³/mol. The van der Waals surface area contributed by atoms with Gasteiger partial charge in [0.2, 0.25) is 5.91 Å². The van der Waals surface area contributed by atoms with Crippen LogP contribution in [0.25, 0.3) is 11.0 Å². The first-order valence-corrected chi connectivity index (χ1v) is 9.56. The molecule has 2 atom stereocenters. The molecule has 2 fully saturated rings. The topological polar surface area (TPSA) is 106 Å². The highest BCUT2D eigenvalue weighted by Crippen LogP contribution is 2.67. The van der Waals surface area contributed by atoms with Gasteiger partial charge in [-0.25, -0.2) is 0 Å². The SMILES string of the molecule is Cc1oc2ccc(C3CC34CCCC4)cc2c1C(=O)N[C@@](C)(CO)C(N)=O. The Morgan fingerprint density at radius 2 is 2.07 bits per heavy atom. The lowest BCUT2D eigenvalue weighted by Crippen LogP contribution is -2.57. The third kappa shape index (κ3) is 2.83. The first-order chi connectivity index (χ1) is 12.8. The molecule has 1 spiro atoms. The number of nitrogens with one attached hydrogen (secondary N) is 1. The first-order valence-electron chi connectivity index (χ1n) is 9.56. The van der Waals surface area contributed by atoms with Gasteiger partial charge in [0.05, 0.1) is 12.2 Å². The third-order valence-electron chi connectivity index (χ3n) is 6.56. The van der Waals surface area contributed by atoms with Crippen LogP contribution in [0.3, 0.4) is 0 Å². The Morgan fingerprint density at radius 1 is 1.37 bits per heavy atom. The summed E-state index contributed by atoms with van der Waals surface area (Å²) in [5.74, 6) is -0.213. The number of hydrogen-bond donors (Lipinski definition) is 3. The average molecular weight is 370 g/mol. The van der Waals surface area contributed by atoms with E-state index in [9.17, 15) is 14.7 Å². The number of hydrogen-bond acceptors (Lipinski definition) is 4. The summed E-state index contributed by atoms with van der Waals surface area (Å²) in [5.41, 5.74) is 6.58. The maximum Gasteiger partial charge on any atom is 0.256 e. The van der Waals surface area contributed by atoms with Gasteiger partial charge in [0.25, 0.3) is 5.91 Å². The van der Waals surface area contributed by atoms with E-state index in [4.69, 9.17) is 10.2 Å². The molecule has 4 N–H and O–H groups in total. The van der Waals surface area contributed by atoms with E-state index in [-0.39, 0.29) is 0 Å². The smallest absolute Gasteiger partial charge is 0.256 e. The molecule has 4 rings (SSSR count). The number of aliphatic hydroxyl groups is 1. The number of fused-ring (bicyclic) bond motifs is 1. The van der Waals surface area contributed by atoms with Gasteiger partial charge in [-0.1, -0.05) is 18.9 Å². The molecule has 0 bridgehead atoms. The molecule has 6 nitrogen and oxygen atoms in total. The number of nitrogens with two attached hydrogens (primary N) is 1. The minimum absolute atomic E-state index is 0.397. The lowest BCUT2D eigenvalue weighted by Gasteiger charge is -2.24. The van der Waals surface area contributed by atoms with Crippen molar-refractivity contribution < 1.29 is 19.1 Å². The Bertz CT molecular complexity index is 926. The van der Waals surface area contributed by atoms with E-state index in [1.165, 1.54) is 44.6 Å². The van der Waals surface area contributed by atoms with Gasteiger partial charge in [-0.15, -0.1) is 0 Å². The van der Waals surface area contributed by atoms with E-state index in [2.05, 4.69) is 17.4 Å². The number of benzene rings is 1. The van der Waals surface area contributed by atoms with Crippen LogP contribution < -0.4 is 11.1 Å². The maximum atomic E-state index is 12.9. The number of carbonyl (C=O) groups excluding carboxylic acids is 2. The Kier molecular flexibility index (Phi) is 4.07. The highest BCUT2D eigenvalue weighted by atomic mass is 16.3. The van der Waals surface area contributed by atoms with Crippen LogP contribution in [0.4, 0.5) is 0 Å². The molecule has 6 heteroatoms. The number of rotatable bonds is 5. The predicted octanol–water partition coefficient (Wildman–Crippen LogP) is 2.76. The van der Waals surface area contributed by atoms with Crippen LogP contribution in [-0.2, 0) is 4.79 Å². The van der Waals surface area contributed by atoms with Crippen molar-refractivity contribution in [3.63, 3.8) is 0 Å². The Labute approximate surface area is 158 Å². The summed E-state index contributed by atoms with van der Waals surface area (Å²) in [6, 6.07) is 6.08. The van der Waals surface area contributed by atoms with E-state index >= 15 is 0 Å². The van der Waals surface area contributed by atoms with E-state index in [1.54, 1.807) is 6.92 Å². The Morgan fingerprint density at radius 3 is 2.70 bits per heavy atom. The van der Waals surface area contributed by atoms with Crippen molar-refractivity contribution in [2.45, 2.75) is 57.4 Å². The fourth-order valence-electron chi connectivity index (χ4n) is 4.68. The highest BCUT2D eigenvalue weighted by molar-refractivity contribution is 6.09. The largest absolute Gasteiger partial charge is 0.461 e. The average Bonchev–Trinajstić information content (AvgIpc) is 2.96. The summed E-state index contributed by atoms with van der Waals surface area (Å²) in [6.45, 7) is 2.56. The van der Waals surface area contributed by atoms with Gasteiger partial charge in [0, 0.05) is 5.39 Å². The summed E-state index contributed by atoms with van der Waals surface area (Å²) >= 11 is 0. The van der Waals surface area contributed by atoms with Crippen LogP contribution in [0, 0.1) is 12.3 Å². The zero-order valence-electron chi connectivity index (χ0n) is 15.8. The fraction of sp³-hybridized carbons (Fsp3) is 0.524. The summed E-state index contributed by atoms with van der Waals surface area (Å²) in [6.07, 6.45) is 6.43. The molecule has 2 aromatic rings. The van der Waals surface area contributed by atoms with Crippen molar-refractivity contribution in [3.05, 3.63) is 35.1 Å². The van der Waals surface area contributed by atoms with E-state index < -0.39 is 24.0 Å². The van der Waals surface area contributed by atoms with Crippen LogP contribution in [0.2, 0.25) is 0 Å². The minimum Gasteiger partial charge on any atom is -0.461 e. The summed E-state index contributed by atoms with van der Waals surface area (Å²) in [5, 5.41) is 12.8. The molecule has 1 aromatic heterocycles. The number of primary amides is 1. The summed E-state index contributed by atoms with van der Waals surface area (Å²) < 4.78 is 5.76. The van der Waals surface area contributed by atoms with Gasteiger partial charge in [0.15, 0.2) is 0 Å². The molecule has 0 saturated heterocycles. The van der Waals surface area contributed by atoms with Gasteiger partial charge in [0.1, 0.15) is 16.9 Å². The quantitative estimate of drug-likeness (QED) is 0.752. The van der Waals surface area contributed by atoms with Crippen LogP contribution >= 0.6 is 0 Å². The van der Waals surface area contributed by atoms with Crippen LogP contribution in [0.1, 0.15) is 66.6 Å². The first kappa shape index (κ1) is 18.0. The van der Waals surface area contributed by atoms with Crippen molar-refractivity contribution in [1.29, 1.82) is 0 Å². The second kappa shape index (κ2) is 6.09. The van der Waals surface area contributed by atoms with Crippen molar-refractivity contribution in [2.24, 2.45) is 11.1 Å². The molecule has 144 valence electrons. The molecule has 27 heavy (non-hydrogen) atoms. The normalized spacial score (nSPS) is 22.7. The van der Waals surface area contributed by atoms with Crippen LogP contribution in [0.15, 0.2) is 22.6 Å². The minimum atomic E-state index is -1.52. The lowest BCUT2D eigenvalue weighted by atomic mass is 9.96. The van der Waals surface area contributed by atoms with Gasteiger partial charge >= 0.3 is 0 Å². The molecule has 2 aliphatic carbocycles. The molecule has 2 amide bonds. The van der Waals surface area contributed by atoms with E-state index in [1.807, 2.05) is 6.07 Å². The van der Waals surface area contributed by atoms with Gasteiger partial charge < -0.3 is 20.6 Å². The zero-order valence-corrected chi connectivity index (χ0v) is 15.8. The standard InChI is InChI=1S/C21H26N2O4/c1-12-17(18(25)23-20(2,11-24)19(22)26)14-9-13(5-6-16(14)27-12)15-10-21(15)7-3-4-8-21/h5-6,9,15,24H,3-4,7-8,10-11H2,1-2H3,(H2,22,26)(H,23,25)/t15?,20-/m0/s1. The molecule has 1 heterocycles. The van der Waals surface area contributed by atoms with Crippen LogP contribution in [-0.4, -0.2) is 29.1 Å². The Hall–Kier alpha value is -2.34. The second-order valence-electron chi connectivity index (χ2n) is 8.42. The van der Waals surface area contributed by atoms with E-state index in [0.717, 1.165) is 5.39 Å². The monoisotopic (exact) mass is 370 g/mol. The molecule has 2 aliphatic rings. The van der Waals surface area contributed by atoms with Crippen molar-refractivity contribution in [1.82, 2.24) is 5.32 Å². The molecule has 0 radical (unpaired) electrons. The van der Waals surface area contributed by atoms with Gasteiger partial charge in [-0.3, -0.25) is 9.59 Å². The second-order valence-corrected chi connectivity index (χ2v) is 8.42. The lowest BCUT2D eigenvalue weighted by molar-refractivity contribution is -0.124. The van der Waals surface area contributed by atoms with Crippen molar-refractivity contribution >= 4 is 22.8 Å².